The zero-order valence-electron chi connectivity index (χ0n) is 8.88. The fraction of sp³-hybridized carbons (Fsp3) is 0.700. The van der Waals surface area contributed by atoms with Crippen LogP contribution in [0.15, 0.2) is 10.2 Å². The van der Waals surface area contributed by atoms with Gasteiger partial charge in [0.05, 0.1) is 0 Å². The number of aromatic amines is 1. The maximum absolute atomic E-state index is 10.9. The van der Waals surface area contributed by atoms with E-state index in [2.05, 4.69) is 17.2 Å². The first-order valence-corrected chi connectivity index (χ1v) is 6.12. The first-order valence-electron chi connectivity index (χ1n) is 5.24. The van der Waals surface area contributed by atoms with E-state index < -0.39 is 0 Å². The van der Waals surface area contributed by atoms with Crippen molar-refractivity contribution in [2.45, 2.75) is 31.8 Å². The second-order valence-corrected chi connectivity index (χ2v) is 5.40. The SMILES string of the molecule is CC(N)(CNCc1csc(=O)[nH]1)C1CC1. The Kier molecular flexibility index (Phi) is 2.95. The highest BCUT2D eigenvalue weighted by molar-refractivity contribution is 7.07. The van der Waals surface area contributed by atoms with Gasteiger partial charge in [0, 0.05) is 29.7 Å². The van der Waals surface area contributed by atoms with E-state index in [0.29, 0.717) is 12.5 Å². The van der Waals surface area contributed by atoms with Gasteiger partial charge in [0.15, 0.2) is 0 Å². The predicted octanol–water partition coefficient (Wildman–Crippen LogP) is 0.653. The number of nitrogens with two attached hydrogens (primary N) is 1. The van der Waals surface area contributed by atoms with Crippen molar-refractivity contribution in [1.82, 2.24) is 10.3 Å². The summed E-state index contributed by atoms with van der Waals surface area (Å²) in [4.78, 5) is 13.7. The van der Waals surface area contributed by atoms with Gasteiger partial charge in [-0.15, -0.1) is 0 Å². The van der Waals surface area contributed by atoms with Gasteiger partial charge in [0.2, 0.25) is 0 Å². The number of hydrogen-bond donors (Lipinski definition) is 3. The summed E-state index contributed by atoms with van der Waals surface area (Å²) < 4.78 is 0. The minimum absolute atomic E-state index is 0.00417. The van der Waals surface area contributed by atoms with E-state index in [1.807, 2.05) is 5.38 Å². The Labute approximate surface area is 92.9 Å². The second kappa shape index (κ2) is 4.08. The molecule has 15 heavy (non-hydrogen) atoms. The monoisotopic (exact) mass is 227 g/mol. The van der Waals surface area contributed by atoms with Gasteiger partial charge in [0.1, 0.15) is 0 Å². The van der Waals surface area contributed by atoms with Gasteiger partial charge in [-0.2, -0.15) is 0 Å². The summed E-state index contributed by atoms with van der Waals surface area (Å²) in [6.45, 7) is 3.59. The van der Waals surface area contributed by atoms with Gasteiger partial charge in [-0.05, 0) is 25.7 Å². The summed E-state index contributed by atoms with van der Waals surface area (Å²) in [5.74, 6) is 0.673. The molecule has 1 aliphatic carbocycles. The molecule has 1 aromatic rings. The highest BCUT2D eigenvalue weighted by Gasteiger charge is 2.37. The number of aromatic nitrogens is 1. The van der Waals surface area contributed by atoms with Gasteiger partial charge in [-0.3, -0.25) is 4.79 Å². The minimum Gasteiger partial charge on any atom is -0.324 e. The number of hydrogen-bond acceptors (Lipinski definition) is 4. The molecule has 1 aromatic heterocycles. The lowest BCUT2D eigenvalue weighted by Gasteiger charge is -2.24. The molecule has 4 N–H and O–H groups in total. The minimum atomic E-state index is -0.101. The maximum Gasteiger partial charge on any atom is 0.304 e. The van der Waals surface area contributed by atoms with E-state index in [0.717, 1.165) is 12.2 Å². The number of H-pyrrole nitrogens is 1. The Hall–Kier alpha value is -0.650. The van der Waals surface area contributed by atoms with Crippen LogP contribution in [0.2, 0.25) is 0 Å². The molecule has 1 saturated carbocycles. The van der Waals surface area contributed by atoms with Crippen molar-refractivity contribution >= 4 is 11.3 Å². The van der Waals surface area contributed by atoms with Gasteiger partial charge in [-0.1, -0.05) is 11.3 Å². The van der Waals surface area contributed by atoms with Crippen LogP contribution in [0, 0.1) is 5.92 Å². The van der Waals surface area contributed by atoms with Gasteiger partial charge in [0.25, 0.3) is 0 Å². The average Bonchev–Trinajstić information content (AvgIpc) is 2.92. The summed E-state index contributed by atoms with van der Waals surface area (Å²) in [6, 6.07) is 0. The lowest BCUT2D eigenvalue weighted by molar-refractivity contribution is 0.379. The van der Waals surface area contributed by atoms with Crippen LogP contribution in [0.4, 0.5) is 0 Å². The smallest absolute Gasteiger partial charge is 0.304 e. The summed E-state index contributed by atoms with van der Waals surface area (Å²) in [6.07, 6.45) is 2.51. The van der Waals surface area contributed by atoms with Gasteiger partial charge < -0.3 is 16.0 Å². The third kappa shape index (κ3) is 2.90. The molecular weight excluding hydrogens is 210 g/mol. The summed E-state index contributed by atoms with van der Waals surface area (Å²) in [5.41, 5.74) is 7.00. The van der Waals surface area contributed by atoms with Crippen molar-refractivity contribution in [3.8, 4) is 0 Å². The summed E-state index contributed by atoms with van der Waals surface area (Å²) >= 11 is 1.20. The lowest BCUT2D eigenvalue weighted by Crippen LogP contribution is -2.47. The molecule has 2 rings (SSSR count). The van der Waals surface area contributed by atoms with Gasteiger partial charge in [-0.25, -0.2) is 0 Å². The van der Waals surface area contributed by atoms with Crippen LogP contribution in [-0.2, 0) is 6.54 Å². The molecule has 1 atom stereocenters. The molecule has 0 aliphatic heterocycles. The molecule has 0 amide bonds. The Morgan fingerprint density at radius 3 is 3.00 bits per heavy atom. The molecule has 1 unspecified atom stereocenters. The van der Waals surface area contributed by atoms with E-state index in [9.17, 15) is 4.79 Å². The molecule has 5 heteroatoms. The quantitative estimate of drug-likeness (QED) is 0.692. The Bertz CT molecular complexity index is 378. The van der Waals surface area contributed by atoms with Gasteiger partial charge >= 0.3 is 4.87 Å². The van der Waals surface area contributed by atoms with Crippen LogP contribution in [-0.4, -0.2) is 17.1 Å². The van der Waals surface area contributed by atoms with Crippen molar-refractivity contribution in [2.24, 2.45) is 11.7 Å². The molecule has 1 fully saturated rings. The molecule has 4 nitrogen and oxygen atoms in total. The molecule has 84 valence electrons. The average molecular weight is 227 g/mol. The maximum atomic E-state index is 10.9. The Balaban J connectivity index is 1.77. The van der Waals surface area contributed by atoms with Crippen molar-refractivity contribution < 1.29 is 0 Å². The van der Waals surface area contributed by atoms with E-state index in [-0.39, 0.29) is 10.4 Å². The third-order valence-corrected chi connectivity index (χ3v) is 3.62. The van der Waals surface area contributed by atoms with Crippen molar-refractivity contribution in [3.63, 3.8) is 0 Å². The second-order valence-electron chi connectivity index (χ2n) is 4.56. The fourth-order valence-electron chi connectivity index (χ4n) is 1.75. The van der Waals surface area contributed by atoms with Crippen LogP contribution in [0.25, 0.3) is 0 Å². The van der Waals surface area contributed by atoms with E-state index in [1.54, 1.807) is 0 Å². The van der Waals surface area contributed by atoms with Crippen LogP contribution in [0.1, 0.15) is 25.5 Å². The predicted molar refractivity (Wildman–Crippen MR) is 62.0 cm³/mol. The topological polar surface area (TPSA) is 70.9 Å². The van der Waals surface area contributed by atoms with Crippen LogP contribution in [0.5, 0.6) is 0 Å². The number of thiazole rings is 1. The van der Waals surface area contributed by atoms with Crippen molar-refractivity contribution in [1.29, 1.82) is 0 Å². The molecule has 0 bridgehead atoms. The summed E-state index contributed by atoms with van der Waals surface area (Å²) in [5, 5.41) is 5.14. The first-order chi connectivity index (χ1) is 7.08. The largest absolute Gasteiger partial charge is 0.324 e. The van der Waals surface area contributed by atoms with E-state index in [1.165, 1.54) is 24.2 Å². The Morgan fingerprint density at radius 1 is 1.73 bits per heavy atom. The van der Waals surface area contributed by atoms with Crippen LogP contribution >= 0.6 is 11.3 Å². The highest BCUT2D eigenvalue weighted by Crippen LogP contribution is 2.37. The normalized spacial score (nSPS) is 20.1. The first kappa shape index (κ1) is 10.9. The number of rotatable bonds is 5. The molecule has 0 spiro atoms. The van der Waals surface area contributed by atoms with Crippen molar-refractivity contribution in [3.05, 3.63) is 20.7 Å². The standard InChI is InChI=1S/C10H17N3OS/c1-10(11,7-2-3-7)6-12-4-8-5-15-9(14)13-8/h5,7,12H,2-4,6,11H2,1H3,(H,13,14). The molecule has 0 radical (unpaired) electrons. The van der Waals surface area contributed by atoms with E-state index in [4.69, 9.17) is 5.73 Å². The molecular formula is C10H17N3OS. The lowest BCUT2D eigenvalue weighted by atomic mass is 9.97. The van der Waals surface area contributed by atoms with E-state index >= 15 is 0 Å². The van der Waals surface area contributed by atoms with Crippen LogP contribution in [0.3, 0.4) is 0 Å². The molecule has 1 aliphatic rings. The third-order valence-electron chi connectivity index (χ3n) is 2.90. The Morgan fingerprint density at radius 2 is 2.47 bits per heavy atom. The molecule has 0 aromatic carbocycles. The zero-order chi connectivity index (χ0) is 10.9. The molecule has 0 saturated heterocycles. The number of nitrogens with one attached hydrogen (secondary N) is 2. The van der Waals surface area contributed by atoms with Crippen LogP contribution < -0.4 is 15.9 Å². The summed E-state index contributed by atoms with van der Waals surface area (Å²) in [7, 11) is 0. The zero-order valence-corrected chi connectivity index (χ0v) is 9.69. The fourth-order valence-corrected chi connectivity index (χ4v) is 2.34. The molecule has 1 heterocycles. The van der Waals surface area contributed by atoms with Crippen molar-refractivity contribution in [2.75, 3.05) is 6.54 Å². The highest BCUT2D eigenvalue weighted by atomic mass is 32.1.